The molecule has 1 aromatic carbocycles. The molecule has 5 rings (SSSR count). The van der Waals surface area contributed by atoms with Crippen LogP contribution in [0.15, 0.2) is 30.3 Å². The number of hydrogen-bond acceptors (Lipinski definition) is 4. The van der Waals surface area contributed by atoms with E-state index < -0.39 is 13.5 Å². The average molecular weight is 733 g/mol. The molecule has 1 aromatic rings. The topological polar surface area (TPSA) is 15.7 Å². The van der Waals surface area contributed by atoms with Gasteiger partial charge in [-0.15, -0.1) is 11.9 Å². The van der Waals surface area contributed by atoms with E-state index in [1.807, 2.05) is 41.9 Å². The van der Waals surface area contributed by atoms with Gasteiger partial charge in [0.1, 0.15) is 0 Å². The minimum absolute atomic E-state index is 0.0465. The van der Waals surface area contributed by atoms with Gasteiger partial charge in [-0.1, -0.05) is 19.3 Å². The summed E-state index contributed by atoms with van der Waals surface area (Å²) in [6.07, 6.45) is 25.9. The minimum atomic E-state index is -1.61. The Morgan fingerprint density at radius 2 is 1.37 bits per heavy atom. The molecule has 1 heterocycles. The van der Waals surface area contributed by atoms with E-state index in [2.05, 4.69) is 29.2 Å². The zero-order valence-corrected chi connectivity index (χ0v) is 31.0. The van der Waals surface area contributed by atoms with Gasteiger partial charge in [0.2, 0.25) is 0 Å². The van der Waals surface area contributed by atoms with Crippen molar-refractivity contribution in [3.05, 3.63) is 42.6 Å². The third-order valence-corrected chi connectivity index (χ3v) is 16.4. The summed E-state index contributed by atoms with van der Waals surface area (Å²) >= 11 is 0.136. The van der Waals surface area contributed by atoms with Crippen LogP contribution in [0.3, 0.4) is 0 Å². The van der Waals surface area contributed by atoms with Crippen LogP contribution >= 0.6 is 39.3 Å². The van der Waals surface area contributed by atoms with Crippen LogP contribution in [-0.2, 0) is 18.3 Å². The first-order chi connectivity index (χ1) is 20.0. The first-order valence-corrected chi connectivity index (χ1v) is 24.6. The van der Waals surface area contributed by atoms with Gasteiger partial charge >= 0.3 is 73.4 Å². The second-order valence-corrected chi connectivity index (χ2v) is 22.1. The van der Waals surface area contributed by atoms with E-state index in [9.17, 15) is 0 Å². The van der Waals surface area contributed by atoms with Gasteiger partial charge in [0.05, 0.1) is 23.6 Å². The molecule has 1 saturated heterocycles. The molecule has 1 aliphatic heterocycles. The molecule has 0 bridgehead atoms. The molecule has 0 aromatic heterocycles. The summed E-state index contributed by atoms with van der Waals surface area (Å²) < 4.78 is 9.57. The van der Waals surface area contributed by atoms with Crippen molar-refractivity contribution in [3.63, 3.8) is 0 Å². The maximum atomic E-state index is 5.67. The van der Waals surface area contributed by atoms with Gasteiger partial charge in [-0.3, -0.25) is 0 Å². The van der Waals surface area contributed by atoms with E-state index in [4.69, 9.17) is 24.1 Å². The zero-order valence-electron chi connectivity index (χ0n) is 25.9. The van der Waals surface area contributed by atoms with Crippen molar-refractivity contribution in [2.75, 3.05) is 33.1 Å². The molecule has 8 heteroatoms. The quantitative estimate of drug-likeness (QED) is 0.114. The normalized spacial score (nSPS) is 23.9. The molecule has 238 valence electrons. The molecular formula is C33H57Cl2N2OPRuS. The Morgan fingerprint density at radius 1 is 0.878 bits per heavy atom. The van der Waals surface area contributed by atoms with Gasteiger partial charge in [-0.25, -0.2) is 0 Å². The summed E-state index contributed by atoms with van der Waals surface area (Å²) in [6.45, 7) is 6.88. The molecule has 3 aliphatic carbocycles. The van der Waals surface area contributed by atoms with Gasteiger partial charge in [-0.05, 0) is 104 Å². The Hall–Kier alpha value is 0.953. The SMILES string of the molecule is C1CCC([PH+](C2CCCCC2)C2CCCCC2)CC1.CCOCC1CN(C)[CH-]N1SC.[Cl][Ru]([Cl])=[CH]c1ccccc1. The molecule has 0 radical (unpaired) electrons. The van der Waals surface area contributed by atoms with E-state index in [1.54, 1.807) is 108 Å². The number of halogens is 2. The Kier molecular flexibility index (Phi) is 19.2. The average Bonchev–Trinajstić information content (AvgIpc) is 3.38. The van der Waals surface area contributed by atoms with Gasteiger partial charge in [0.25, 0.3) is 0 Å². The van der Waals surface area contributed by atoms with Crippen LogP contribution < -0.4 is 0 Å². The summed E-state index contributed by atoms with van der Waals surface area (Å²) in [5.41, 5.74) is 4.80. The number of nitrogens with zero attached hydrogens (tertiary/aromatic N) is 2. The Bertz CT molecular complexity index is 789. The molecular weight excluding hydrogens is 675 g/mol. The van der Waals surface area contributed by atoms with Crippen LogP contribution in [0.1, 0.15) is 109 Å². The van der Waals surface area contributed by atoms with Gasteiger partial charge < -0.3 is 13.9 Å². The van der Waals surface area contributed by atoms with Crippen molar-refractivity contribution in [1.82, 2.24) is 9.21 Å². The molecule has 3 saturated carbocycles. The number of ether oxygens (including phenoxy) is 1. The van der Waals surface area contributed by atoms with Crippen LogP contribution in [0.5, 0.6) is 0 Å². The fourth-order valence-corrected chi connectivity index (χ4v) is 15.0. The third-order valence-electron chi connectivity index (χ3n) is 9.12. The van der Waals surface area contributed by atoms with E-state index in [0.717, 1.165) is 25.3 Å². The zero-order chi connectivity index (χ0) is 29.3. The number of rotatable bonds is 8. The Morgan fingerprint density at radius 3 is 1.78 bits per heavy atom. The number of likely N-dealkylation sites (N-methyl/N-ethyl adjacent to an activating group) is 1. The molecule has 0 spiro atoms. The Labute approximate surface area is 271 Å². The van der Waals surface area contributed by atoms with Crippen molar-refractivity contribution < 1.29 is 18.3 Å². The van der Waals surface area contributed by atoms with E-state index in [0.29, 0.717) is 6.04 Å². The van der Waals surface area contributed by atoms with Crippen LogP contribution in [0.4, 0.5) is 0 Å². The molecule has 1 atom stereocenters. The van der Waals surface area contributed by atoms with Crippen molar-refractivity contribution >= 4 is 43.9 Å². The first-order valence-electron chi connectivity index (χ1n) is 16.2. The summed E-state index contributed by atoms with van der Waals surface area (Å²) in [5.74, 6) is 0. The predicted molar refractivity (Wildman–Crippen MR) is 185 cm³/mol. The standard InChI is InChI=1S/C18H33P.C8H17N2OS.C7H6.2ClH.Ru/c1-4-10-16(11-5-1)19(17-12-6-2-7-13-17)18-14-8-3-9-15-18;1-4-11-6-8-5-9(2)7-10(8)12-3;1-7-5-3-2-4-6-7;;;/h16-18H,1-15H2;7-8H,4-6H2,1-3H3;1-6H;2*1H;/q;-1;;;;+2/p-1. The predicted octanol–water partition coefficient (Wildman–Crippen LogP) is 10.00. The number of hydrogen-bond donors (Lipinski definition) is 0. The van der Waals surface area contributed by atoms with E-state index in [1.165, 1.54) is 17.0 Å². The molecule has 0 amide bonds. The van der Waals surface area contributed by atoms with Crippen LogP contribution in [0.2, 0.25) is 0 Å². The summed E-state index contributed by atoms with van der Waals surface area (Å²) in [5, 5.41) is 0. The third kappa shape index (κ3) is 13.9. The fourth-order valence-electron chi connectivity index (χ4n) is 7.24. The second kappa shape index (κ2) is 21.6. The van der Waals surface area contributed by atoms with Crippen molar-refractivity contribution in [1.29, 1.82) is 0 Å². The molecule has 4 fully saturated rings. The summed E-state index contributed by atoms with van der Waals surface area (Å²) in [4.78, 5) is 2.19. The molecule has 41 heavy (non-hydrogen) atoms. The van der Waals surface area contributed by atoms with Crippen molar-refractivity contribution in [3.8, 4) is 0 Å². The molecule has 3 nitrogen and oxygen atoms in total. The van der Waals surface area contributed by atoms with E-state index in [-0.39, 0.29) is 7.92 Å². The Balaban J connectivity index is 0.000000182. The van der Waals surface area contributed by atoms with Crippen molar-refractivity contribution in [2.24, 2.45) is 0 Å². The van der Waals surface area contributed by atoms with Gasteiger partial charge in [-0.2, -0.15) is 6.67 Å². The first kappa shape index (κ1) is 36.4. The molecule has 1 unspecified atom stereocenters. The molecule has 4 aliphatic rings. The van der Waals surface area contributed by atoms with Crippen molar-refractivity contribution in [2.45, 2.75) is 126 Å². The second-order valence-electron chi connectivity index (χ2n) is 12.1. The summed E-state index contributed by atoms with van der Waals surface area (Å²) in [7, 11) is 13.4. The van der Waals surface area contributed by atoms with E-state index >= 15 is 0 Å². The van der Waals surface area contributed by atoms with Crippen LogP contribution in [0.25, 0.3) is 0 Å². The van der Waals surface area contributed by atoms with Gasteiger partial charge in [0.15, 0.2) is 0 Å². The van der Waals surface area contributed by atoms with Gasteiger partial charge in [0, 0.05) is 20.6 Å². The maximum absolute atomic E-state index is 5.67. The van der Waals surface area contributed by atoms with Crippen LogP contribution in [0, 0.1) is 6.67 Å². The molecule has 0 N–H and O–H groups in total. The summed E-state index contributed by atoms with van der Waals surface area (Å²) in [6, 6.07) is 10.4. The monoisotopic (exact) mass is 732 g/mol. The van der Waals surface area contributed by atoms with Crippen LogP contribution in [-0.4, -0.2) is 69.9 Å². The number of benzene rings is 1. The fraction of sp³-hybridized carbons (Fsp3) is 0.758.